The molecule has 0 aromatic heterocycles. The number of nitrogens with two attached hydrogens (primary N) is 1. The first kappa shape index (κ1) is 16.8. The molecule has 1 aliphatic rings. The van der Waals surface area contributed by atoms with E-state index in [1.54, 1.807) is 0 Å². The van der Waals surface area contributed by atoms with Crippen molar-refractivity contribution in [2.45, 2.75) is 40.0 Å². The average Bonchev–Trinajstić information content (AvgIpc) is 2.63. The van der Waals surface area contributed by atoms with E-state index >= 15 is 0 Å². The Morgan fingerprint density at radius 2 is 2.00 bits per heavy atom. The van der Waals surface area contributed by atoms with Gasteiger partial charge in [-0.3, -0.25) is 0 Å². The maximum Gasteiger partial charge on any atom is 0.106 e. The fourth-order valence-electron chi connectivity index (χ4n) is 3.18. The van der Waals surface area contributed by atoms with E-state index in [0.29, 0.717) is 10.4 Å². The second kappa shape index (κ2) is 6.66. The maximum atomic E-state index is 5.91. The van der Waals surface area contributed by atoms with Crippen molar-refractivity contribution in [1.29, 1.82) is 0 Å². The van der Waals surface area contributed by atoms with Crippen molar-refractivity contribution in [2.75, 3.05) is 18.0 Å². The molecule has 2 nitrogen and oxygen atoms in total. The van der Waals surface area contributed by atoms with Crippen LogP contribution < -0.4 is 10.6 Å². The van der Waals surface area contributed by atoms with Crippen molar-refractivity contribution >= 4 is 38.8 Å². The van der Waals surface area contributed by atoms with E-state index in [1.165, 1.54) is 24.9 Å². The van der Waals surface area contributed by atoms with Crippen LogP contribution in [-0.4, -0.2) is 18.1 Å². The Hall–Kier alpha value is -0.610. The molecule has 0 amide bonds. The molecule has 1 unspecified atom stereocenters. The van der Waals surface area contributed by atoms with Gasteiger partial charge in [0.05, 0.1) is 0 Å². The molecule has 1 aliphatic heterocycles. The van der Waals surface area contributed by atoms with Gasteiger partial charge in [-0.1, -0.05) is 48.9 Å². The zero-order valence-corrected chi connectivity index (χ0v) is 15.6. The summed E-state index contributed by atoms with van der Waals surface area (Å²) in [5.41, 5.74) is 8.46. The minimum atomic E-state index is 0.391. The van der Waals surface area contributed by atoms with Gasteiger partial charge in [-0.05, 0) is 48.8 Å². The molecule has 1 aromatic rings. The Morgan fingerprint density at radius 3 is 2.62 bits per heavy atom. The van der Waals surface area contributed by atoms with Gasteiger partial charge >= 0.3 is 0 Å². The molecular formula is C17H25BrN2S. The lowest BCUT2D eigenvalue weighted by molar-refractivity contribution is 0.220. The van der Waals surface area contributed by atoms with Crippen molar-refractivity contribution in [3.8, 4) is 0 Å². The van der Waals surface area contributed by atoms with Gasteiger partial charge in [0.15, 0.2) is 0 Å². The van der Waals surface area contributed by atoms with E-state index in [2.05, 4.69) is 53.7 Å². The van der Waals surface area contributed by atoms with Gasteiger partial charge in [-0.15, -0.1) is 0 Å². The van der Waals surface area contributed by atoms with Crippen LogP contribution in [0.15, 0.2) is 22.7 Å². The van der Waals surface area contributed by atoms with Crippen LogP contribution in [0.4, 0.5) is 5.69 Å². The Balaban J connectivity index is 2.22. The van der Waals surface area contributed by atoms with Crippen molar-refractivity contribution in [1.82, 2.24) is 0 Å². The van der Waals surface area contributed by atoms with Gasteiger partial charge in [0, 0.05) is 28.8 Å². The molecule has 1 atom stereocenters. The third kappa shape index (κ3) is 4.19. The molecule has 0 radical (unpaired) electrons. The van der Waals surface area contributed by atoms with Crippen molar-refractivity contribution in [3.63, 3.8) is 0 Å². The van der Waals surface area contributed by atoms with E-state index in [1.807, 2.05) is 6.07 Å². The highest BCUT2D eigenvalue weighted by atomic mass is 79.9. The second-order valence-corrected chi connectivity index (χ2v) is 8.36. The van der Waals surface area contributed by atoms with Crippen LogP contribution in [0.5, 0.6) is 0 Å². The molecule has 4 heteroatoms. The lowest BCUT2D eigenvalue weighted by Crippen LogP contribution is -2.28. The van der Waals surface area contributed by atoms with Gasteiger partial charge in [0.2, 0.25) is 0 Å². The molecule has 1 saturated heterocycles. The smallest absolute Gasteiger partial charge is 0.106 e. The number of halogens is 1. The van der Waals surface area contributed by atoms with E-state index in [0.717, 1.165) is 29.0 Å². The van der Waals surface area contributed by atoms with E-state index < -0.39 is 0 Å². The number of nitrogens with zero attached hydrogens (tertiary/aromatic N) is 1. The van der Waals surface area contributed by atoms with Crippen LogP contribution in [0.3, 0.4) is 0 Å². The van der Waals surface area contributed by atoms with Crippen LogP contribution in [-0.2, 0) is 0 Å². The molecule has 0 aliphatic carbocycles. The summed E-state index contributed by atoms with van der Waals surface area (Å²) in [6, 6.07) is 6.24. The Bertz CT molecular complexity index is 522. The third-order valence-electron chi connectivity index (χ3n) is 4.52. The first-order chi connectivity index (χ1) is 9.79. The summed E-state index contributed by atoms with van der Waals surface area (Å²) in [5.74, 6) is 0.784. The quantitative estimate of drug-likeness (QED) is 0.764. The minimum absolute atomic E-state index is 0.391. The highest BCUT2D eigenvalue weighted by Crippen LogP contribution is 2.36. The van der Waals surface area contributed by atoms with Crippen LogP contribution in [0.1, 0.15) is 45.6 Å². The highest BCUT2D eigenvalue weighted by molar-refractivity contribution is 9.10. The second-order valence-electron chi connectivity index (χ2n) is 7.01. The van der Waals surface area contributed by atoms with Crippen LogP contribution >= 0.6 is 28.1 Å². The molecule has 2 rings (SSSR count). The summed E-state index contributed by atoms with van der Waals surface area (Å²) >= 11 is 8.73. The molecular weight excluding hydrogens is 344 g/mol. The van der Waals surface area contributed by atoms with Gasteiger partial charge in [0.1, 0.15) is 4.99 Å². The Morgan fingerprint density at radius 1 is 1.29 bits per heavy atom. The van der Waals surface area contributed by atoms with Gasteiger partial charge in [-0.25, -0.2) is 0 Å². The maximum absolute atomic E-state index is 5.91. The van der Waals surface area contributed by atoms with Crippen molar-refractivity contribution in [2.24, 2.45) is 17.1 Å². The normalized spacial score (nSPS) is 20.2. The topological polar surface area (TPSA) is 29.3 Å². The Kier molecular flexibility index (Phi) is 5.31. The summed E-state index contributed by atoms with van der Waals surface area (Å²) in [5, 5.41) is 0. The van der Waals surface area contributed by atoms with E-state index in [4.69, 9.17) is 18.0 Å². The zero-order chi connectivity index (χ0) is 15.6. The van der Waals surface area contributed by atoms with Crippen LogP contribution in [0.25, 0.3) is 0 Å². The van der Waals surface area contributed by atoms with Gasteiger partial charge in [-0.2, -0.15) is 0 Å². The van der Waals surface area contributed by atoms with Crippen molar-refractivity contribution in [3.05, 3.63) is 28.2 Å². The van der Waals surface area contributed by atoms with Gasteiger partial charge in [0.25, 0.3) is 0 Å². The molecule has 0 spiro atoms. The Labute approximate surface area is 142 Å². The number of benzene rings is 1. The predicted octanol–water partition coefficient (Wildman–Crippen LogP) is 4.74. The zero-order valence-electron chi connectivity index (χ0n) is 13.2. The molecule has 1 fully saturated rings. The SMILES string of the molecule is CC(C)(C)C1CCCN(c2ccc(Br)cc2C(N)=S)CC1. The molecule has 1 aromatic carbocycles. The molecule has 0 bridgehead atoms. The summed E-state index contributed by atoms with van der Waals surface area (Å²) in [7, 11) is 0. The van der Waals surface area contributed by atoms with Crippen LogP contribution in [0, 0.1) is 11.3 Å². The average molecular weight is 369 g/mol. The number of hydrogen-bond donors (Lipinski definition) is 1. The fourth-order valence-corrected chi connectivity index (χ4v) is 3.71. The standard InChI is InChI=1S/C17H25BrN2S/c1-17(2,3)12-5-4-9-20(10-8-12)15-7-6-13(18)11-14(15)16(19)21/h6-7,11-12H,4-5,8-10H2,1-3H3,(H2,19,21). The lowest BCUT2D eigenvalue weighted by atomic mass is 9.77. The molecule has 2 N–H and O–H groups in total. The van der Waals surface area contributed by atoms with E-state index in [-0.39, 0.29) is 0 Å². The number of anilines is 1. The number of rotatable bonds is 2. The summed E-state index contributed by atoms with van der Waals surface area (Å²) in [6.45, 7) is 9.23. The molecule has 0 saturated carbocycles. The molecule has 116 valence electrons. The predicted molar refractivity (Wildman–Crippen MR) is 99.0 cm³/mol. The van der Waals surface area contributed by atoms with Gasteiger partial charge < -0.3 is 10.6 Å². The summed E-state index contributed by atoms with van der Waals surface area (Å²) < 4.78 is 1.02. The first-order valence-corrected chi connectivity index (χ1v) is 8.83. The molecule has 21 heavy (non-hydrogen) atoms. The summed E-state index contributed by atoms with van der Waals surface area (Å²) in [4.78, 5) is 2.93. The number of thiocarbonyl (C=S) groups is 1. The van der Waals surface area contributed by atoms with E-state index in [9.17, 15) is 0 Å². The minimum Gasteiger partial charge on any atom is -0.389 e. The summed E-state index contributed by atoms with van der Waals surface area (Å²) in [6.07, 6.45) is 3.77. The number of hydrogen-bond acceptors (Lipinski definition) is 2. The molecule has 1 heterocycles. The largest absolute Gasteiger partial charge is 0.389 e. The van der Waals surface area contributed by atoms with Crippen molar-refractivity contribution < 1.29 is 0 Å². The third-order valence-corrected chi connectivity index (χ3v) is 5.23. The fraction of sp³-hybridized carbons (Fsp3) is 0.588. The highest BCUT2D eigenvalue weighted by Gasteiger charge is 2.27. The first-order valence-electron chi connectivity index (χ1n) is 7.63. The monoisotopic (exact) mass is 368 g/mol. The van der Waals surface area contributed by atoms with Crippen LogP contribution in [0.2, 0.25) is 0 Å². The lowest BCUT2D eigenvalue weighted by Gasteiger charge is -2.30.